The summed E-state index contributed by atoms with van der Waals surface area (Å²) in [5, 5.41) is 3.40. The molecule has 1 saturated heterocycles. The van der Waals surface area contributed by atoms with Gasteiger partial charge in [-0.3, -0.25) is 4.90 Å². The maximum atomic E-state index is 5.19. The van der Waals surface area contributed by atoms with Gasteiger partial charge in [0.15, 0.2) is 0 Å². The largest absolute Gasteiger partial charge is 0.312 e. The van der Waals surface area contributed by atoms with E-state index in [9.17, 15) is 0 Å². The summed E-state index contributed by atoms with van der Waals surface area (Å²) in [4.78, 5) is 2.42. The van der Waals surface area contributed by atoms with Crippen molar-refractivity contribution in [3.05, 3.63) is 0 Å². The van der Waals surface area contributed by atoms with Crippen molar-refractivity contribution in [2.24, 2.45) is 0 Å². The number of rotatable bonds is 2. The standard InChI is InChI=1S/C9H16N2/c1-3-4-6-11-7-5-10-9(2)8-11/h1,9-10H,4-8H2,2H3/t9-/m0/s1. The van der Waals surface area contributed by atoms with Crippen LogP contribution in [-0.2, 0) is 0 Å². The van der Waals surface area contributed by atoms with Crippen molar-refractivity contribution in [2.45, 2.75) is 19.4 Å². The first-order valence-corrected chi connectivity index (χ1v) is 4.22. The van der Waals surface area contributed by atoms with Gasteiger partial charge in [0, 0.05) is 38.6 Å². The van der Waals surface area contributed by atoms with Gasteiger partial charge in [-0.2, -0.15) is 0 Å². The number of hydrogen-bond donors (Lipinski definition) is 1. The zero-order valence-electron chi connectivity index (χ0n) is 7.14. The van der Waals surface area contributed by atoms with E-state index in [2.05, 4.69) is 23.1 Å². The SMILES string of the molecule is C#CCCN1CCN[C@@H](C)C1. The van der Waals surface area contributed by atoms with Crippen LogP contribution in [0.15, 0.2) is 0 Å². The lowest BCUT2D eigenvalue weighted by Crippen LogP contribution is -2.49. The first-order valence-electron chi connectivity index (χ1n) is 4.22. The van der Waals surface area contributed by atoms with Crippen molar-refractivity contribution in [3.8, 4) is 12.3 Å². The molecule has 1 heterocycles. The van der Waals surface area contributed by atoms with Crippen LogP contribution in [0.2, 0.25) is 0 Å². The van der Waals surface area contributed by atoms with E-state index >= 15 is 0 Å². The molecule has 0 aliphatic carbocycles. The fraction of sp³-hybridized carbons (Fsp3) is 0.778. The van der Waals surface area contributed by atoms with E-state index in [0.717, 1.165) is 32.6 Å². The molecule has 0 bridgehead atoms. The van der Waals surface area contributed by atoms with Gasteiger partial charge in [0.2, 0.25) is 0 Å². The van der Waals surface area contributed by atoms with Crippen LogP contribution in [0, 0.1) is 12.3 Å². The fourth-order valence-electron chi connectivity index (χ4n) is 1.44. The van der Waals surface area contributed by atoms with Crippen molar-refractivity contribution in [3.63, 3.8) is 0 Å². The highest BCUT2D eigenvalue weighted by Crippen LogP contribution is 1.98. The summed E-state index contributed by atoms with van der Waals surface area (Å²) >= 11 is 0. The topological polar surface area (TPSA) is 15.3 Å². The Bertz CT molecular complexity index is 148. The molecular formula is C9H16N2. The average Bonchev–Trinajstić information content (AvgIpc) is 2.01. The summed E-state index contributed by atoms with van der Waals surface area (Å²) in [6.07, 6.45) is 6.07. The zero-order chi connectivity index (χ0) is 8.10. The van der Waals surface area contributed by atoms with Gasteiger partial charge < -0.3 is 5.32 Å². The minimum absolute atomic E-state index is 0.626. The van der Waals surface area contributed by atoms with Crippen molar-refractivity contribution in [1.82, 2.24) is 10.2 Å². The lowest BCUT2D eigenvalue weighted by molar-refractivity contribution is 0.211. The molecule has 2 nitrogen and oxygen atoms in total. The lowest BCUT2D eigenvalue weighted by atomic mass is 10.2. The second-order valence-electron chi connectivity index (χ2n) is 3.11. The quantitative estimate of drug-likeness (QED) is 0.573. The predicted octanol–water partition coefficient (Wildman–Crippen LogP) is 0.303. The van der Waals surface area contributed by atoms with E-state index in [1.165, 1.54) is 0 Å². The van der Waals surface area contributed by atoms with Gasteiger partial charge in [0.25, 0.3) is 0 Å². The van der Waals surface area contributed by atoms with Crippen LogP contribution >= 0.6 is 0 Å². The number of nitrogens with one attached hydrogen (secondary N) is 1. The van der Waals surface area contributed by atoms with Gasteiger partial charge >= 0.3 is 0 Å². The molecule has 0 aromatic rings. The van der Waals surface area contributed by atoms with Gasteiger partial charge in [-0.15, -0.1) is 12.3 Å². The Hall–Kier alpha value is -0.520. The van der Waals surface area contributed by atoms with Crippen LogP contribution in [0.3, 0.4) is 0 Å². The van der Waals surface area contributed by atoms with Crippen molar-refractivity contribution in [1.29, 1.82) is 0 Å². The van der Waals surface area contributed by atoms with Gasteiger partial charge in [-0.1, -0.05) is 0 Å². The summed E-state index contributed by atoms with van der Waals surface area (Å²) in [5.74, 6) is 2.67. The minimum atomic E-state index is 0.626. The highest BCUT2D eigenvalue weighted by atomic mass is 15.2. The van der Waals surface area contributed by atoms with E-state index in [4.69, 9.17) is 6.42 Å². The highest BCUT2D eigenvalue weighted by Gasteiger charge is 2.13. The van der Waals surface area contributed by atoms with Crippen LogP contribution in [0.1, 0.15) is 13.3 Å². The summed E-state index contributed by atoms with van der Waals surface area (Å²) in [6.45, 7) is 6.66. The first kappa shape index (κ1) is 8.58. The van der Waals surface area contributed by atoms with Gasteiger partial charge in [-0.05, 0) is 6.92 Å². The Morgan fingerprint density at radius 1 is 1.73 bits per heavy atom. The normalized spacial score (nSPS) is 26.4. The molecule has 0 saturated carbocycles. The summed E-state index contributed by atoms with van der Waals surface area (Å²) in [7, 11) is 0. The second-order valence-corrected chi connectivity index (χ2v) is 3.11. The van der Waals surface area contributed by atoms with E-state index in [1.54, 1.807) is 0 Å². The maximum absolute atomic E-state index is 5.19. The molecule has 1 atom stereocenters. The van der Waals surface area contributed by atoms with E-state index in [-0.39, 0.29) is 0 Å². The molecule has 0 aromatic carbocycles. The van der Waals surface area contributed by atoms with E-state index < -0.39 is 0 Å². The molecule has 0 amide bonds. The van der Waals surface area contributed by atoms with Crippen molar-refractivity contribution >= 4 is 0 Å². The number of piperazine rings is 1. The van der Waals surface area contributed by atoms with Crippen LogP contribution in [-0.4, -0.2) is 37.1 Å². The fourth-order valence-corrected chi connectivity index (χ4v) is 1.44. The number of nitrogens with zero attached hydrogens (tertiary/aromatic N) is 1. The first-order chi connectivity index (χ1) is 5.33. The molecular weight excluding hydrogens is 136 g/mol. The summed E-state index contributed by atoms with van der Waals surface area (Å²) in [6, 6.07) is 0.626. The Balaban J connectivity index is 2.18. The van der Waals surface area contributed by atoms with Crippen LogP contribution < -0.4 is 5.32 Å². The molecule has 62 valence electrons. The zero-order valence-corrected chi connectivity index (χ0v) is 7.14. The molecule has 0 radical (unpaired) electrons. The third-order valence-corrected chi connectivity index (χ3v) is 2.03. The molecule has 1 N–H and O–H groups in total. The van der Waals surface area contributed by atoms with Gasteiger partial charge in [0.1, 0.15) is 0 Å². The monoisotopic (exact) mass is 152 g/mol. The maximum Gasteiger partial charge on any atom is 0.0214 e. The summed E-state index contributed by atoms with van der Waals surface area (Å²) < 4.78 is 0. The third kappa shape index (κ3) is 2.92. The molecule has 1 fully saturated rings. The summed E-state index contributed by atoms with van der Waals surface area (Å²) in [5.41, 5.74) is 0. The Morgan fingerprint density at radius 2 is 2.55 bits per heavy atom. The average molecular weight is 152 g/mol. The van der Waals surface area contributed by atoms with Crippen LogP contribution in [0.25, 0.3) is 0 Å². The lowest BCUT2D eigenvalue weighted by Gasteiger charge is -2.31. The Morgan fingerprint density at radius 3 is 3.18 bits per heavy atom. The number of hydrogen-bond acceptors (Lipinski definition) is 2. The molecule has 0 aromatic heterocycles. The smallest absolute Gasteiger partial charge is 0.0214 e. The molecule has 1 rings (SSSR count). The second kappa shape index (κ2) is 4.38. The Kier molecular flexibility index (Phi) is 3.41. The molecule has 1 aliphatic heterocycles. The van der Waals surface area contributed by atoms with E-state index in [0.29, 0.717) is 6.04 Å². The predicted molar refractivity (Wildman–Crippen MR) is 47.4 cm³/mol. The Labute approximate surface area is 69.0 Å². The van der Waals surface area contributed by atoms with Crippen molar-refractivity contribution < 1.29 is 0 Å². The molecule has 11 heavy (non-hydrogen) atoms. The highest BCUT2D eigenvalue weighted by molar-refractivity contribution is 4.86. The van der Waals surface area contributed by atoms with Crippen molar-refractivity contribution in [2.75, 3.05) is 26.2 Å². The van der Waals surface area contributed by atoms with Gasteiger partial charge in [0.05, 0.1) is 0 Å². The molecule has 0 unspecified atom stereocenters. The minimum Gasteiger partial charge on any atom is -0.312 e. The molecule has 1 aliphatic rings. The molecule has 2 heteroatoms. The molecule has 0 spiro atoms. The van der Waals surface area contributed by atoms with Crippen LogP contribution in [0.4, 0.5) is 0 Å². The van der Waals surface area contributed by atoms with Gasteiger partial charge in [-0.25, -0.2) is 0 Å². The number of terminal acetylenes is 1. The van der Waals surface area contributed by atoms with E-state index in [1.807, 2.05) is 0 Å². The third-order valence-electron chi connectivity index (χ3n) is 2.03. The van der Waals surface area contributed by atoms with Crippen LogP contribution in [0.5, 0.6) is 0 Å².